The van der Waals surface area contributed by atoms with Gasteiger partial charge in [-0.25, -0.2) is 0 Å². The molecule has 0 fully saturated rings. The van der Waals surface area contributed by atoms with E-state index in [0.29, 0.717) is 26.4 Å². The fourth-order valence-electron chi connectivity index (χ4n) is 4.06. The minimum atomic E-state index is 0.0610. The van der Waals surface area contributed by atoms with Crippen molar-refractivity contribution in [3.05, 3.63) is 58.7 Å². The van der Waals surface area contributed by atoms with Gasteiger partial charge < -0.3 is 0 Å². The van der Waals surface area contributed by atoms with Gasteiger partial charge in [0.25, 0.3) is 0 Å². The Morgan fingerprint density at radius 3 is 0.941 bits per heavy atom. The van der Waals surface area contributed by atoms with Gasteiger partial charge >= 0.3 is 219 Å². The SMILES string of the molecule is CCO[C@@H](C)c1cccc([C@H](C)OCC)c1[Se][Se]c1c([C@H](C)OCC)cccc1[C@H](C)OCC. The Hall–Kier alpha value is -0.681. The van der Waals surface area contributed by atoms with Crippen LogP contribution in [0.2, 0.25) is 0 Å². The Bertz CT molecular complexity index is 741. The van der Waals surface area contributed by atoms with Crippen LogP contribution < -0.4 is 8.92 Å². The van der Waals surface area contributed by atoms with Crippen LogP contribution in [0.25, 0.3) is 0 Å². The van der Waals surface area contributed by atoms with Crippen LogP contribution in [0.3, 0.4) is 0 Å². The maximum absolute atomic E-state index is 6.04. The van der Waals surface area contributed by atoms with E-state index in [-0.39, 0.29) is 50.7 Å². The molecule has 4 nitrogen and oxygen atoms in total. The Balaban J connectivity index is 2.53. The van der Waals surface area contributed by atoms with E-state index in [9.17, 15) is 0 Å². The Labute approximate surface area is 218 Å². The van der Waals surface area contributed by atoms with E-state index in [0.717, 1.165) is 0 Å². The summed E-state index contributed by atoms with van der Waals surface area (Å²) in [5.41, 5.74) is 5.18. The van der Waals surface area contributed by atoms with Crippen molar-refractivity contribution in [2.75, 3.05) is 26.4 Å². The third-order valence-corrected chi connectivity index (χ3v) is 13.2. The van der Waals surface area contributed by atoms with E-state index in [2.05, 4.69) is 91.8 Å². The normalized spacial score (nSPS) is 15.2. The van der Waals surface area contributed by atoms with Gasteiger partial charge in [-0.3, -0.25) is 0 Å². The van der Waals surface area contributed by atoms with Crippen molar-refractivity contribution >= 4 is 35.2 Å². The molecule has 34 heavy (non-hydrogen) atoms. The monoisotopic (exact) mass is 602 g/mol. The van der Waals surface area contributed by atoms with Gasteiger partial charge in [0.2, 0.25) is 0 Å². The topological polar surface area (TPSA) is 36.9 Å². The van der Waals surface area contributed by atoms with Crippen LogP contribution in [0.15, 0.2) is 36.4 Å². The van der Waals surface area contributed by atoms with Crippen LogP contribution in [0.4, 0.5) is 0 Å². The Kier molecular flexibility index (Phi) is 13.4. The molecule has 0 unspecified atom stereocenters. The van der Waals surface area contributed by atoms with Crippen LogP contribution in [-0.2, 0) is 18.9 Å². The number of hydrogen-bond acceptors (Lipinski definition) is 4. The van der Waals surface area contributed by atoms with Crippen LogP contribution in [0, 0.1) is 0 Å². The molecule has 0 saturated carbocycles. The average Bonchev–Trinajstić information content (AvgIpc) is 2.82. The van der Waals surface area contributed by atoms with Crippen LogP contribution >= 0.6 is 0 Å². The quantitative estimate of drug-likeness (QED) is 0.259. The van der Waals surface area contributed by atoms with Crippen molar-refractivity contribution in [3.63, 3.8) is 0 Å². The zero-order valence-corrected chi connectivity index (χ0v) is 25.5. The number of ether oxygens (including phenoxy) is 4. The molecule has 0 aromatic heterocycles. The number of hydrogen-bond donors (Lipinski definition) is 0. The molecule has 0 aliphatic heterocycles. The molecule has 0 N–H and O–H groups in total. The fraction of sp³-hybridized carbons (Fsp3) is 0.571. The predicted octanol–water partition coefficient (Wildman–Crippen LogP) is 5.35. The Morgan fingerprint density at radius 2 is 0.735 bits per heavy atom. The van der Waals surface area contributed by atoms with Crippen molar-refractivity contribution < 1.29 is 18.9 Å². The second kappa shape index (κ2) is 15.4. The molecule has 0 saturated heterocycles. The first kappa shape index (κ1) is 29.5. The zero-order chi connectivity index (χ0) is 25.1. The summed E-state index contributed by atoms with van der Waals surface area (Å²) in [5, 5.41) is 0. The molecule has 0 radical (unpaired) electrons. The third kappa shape index (κ3) is 7.91. The van der Waals surface area contributed by atoms with E-state index in [1.54, 1.807) is 0 Å². The summed E-state index contributed by atoms with van der Waals surface area (Å²) in [6.07, 6.45) is 0.244. The molecular weight excluding hydrogens is 558 g/mol. The first-order valence-corrected chi connectivity index (χ1v) is 18.5. The van der Waals surface area contributed by atoms with Gasteiger partial charge in [0.1, 0.15) is 0 Å². The number of benzene rings is 2. The molecule has 0 heterocycles. The Morgan fingerprint density at radius 1 is 0.500 bits per heavy atom. The van der Waals surface area contributed by atoms with Gasteiger partial charge in [0.15, 0.2) is 0 Å². The second-order valence-electron chi connectivity index (χ2n) is 8.09. The molecule has 6 heteroatoms. The number of rotatable bonds is 15. The third-order valence-electron chi connectivity index (χ3n) is 5.78. The van der Waals surface area contributed by atoms with E-state index in [1.165, 1.54) is 31.2 Å². The van der Waals surface area contributed by atoms with Gasteiger partial charge in [0.05, 0.1) is 0 Å². The van der Waals surface area contributed by atoms with Crippen LogP contribution in [0.5, 0.6) is 0 Å². The van der Waals surface area contributed by atoms with E-state index in [1.807, 2.05) is 0 Å². The molecule has 190 valence electrons. The molecule has 2 rings (SSSR count). The predicted molar refractivity (Wildman–Crippen MR) is 144 cm³/mol. The zero-order valence-electron chi connectivity index (χ0n) is 22.1. The maximum atomic E-state index is 6.04. The van der Waals surface area contributed by atoms with Crippen molar-refractivity contribution in [2.24, 2.45) is 0 Å². The second-order valence-corrected chi connectivity index (χ2v) is 14.1. The van der Waals surface area contributed by atoms with Gasteiger partial charge in [-0.1, -0.05) is 0 Å². The summed E-state index contributed by atoms with van der Waals surface area (Å²) in [6.45, 7) is 19.7. The van der Waals surface area contributed by atoms with Crippen LogP contribution in [0.1, 0.15) is 102 Å². The molecule has 0 bridgehead atoms. The molecule has 0 aliphatic rings. The van der Waals surface area contributed by atoms with E-state index >= 15 is 0 Å². The first-order chi connectivity index (χ1) is 16.4. The molecule has 0 spiro atoms. The molecule has 2 aromatic rings. The fourth-order valence-corrected chi connectivity index (χ4v) is 13.2. The summed E-state index contributed by atoms with van der Waals surface area (Å²) in [5.74, 6) is 0. The first-order valence-electron chi connectivity index (χ1n) is 12.5. The van der Waals surface area contributed by atoms with Crippen molar-refractivity contribution in [3.8, 4) is 0 Å². The summed E-state index contributed by atoms with van der Waals surface area (Å²) >= 11 is 0.497. The summed E-state index contributed by atoms with van der Waals surface area (Å²) in [6, 6.07) is 13.2. The van der Waals surface area contributed by atoms with Gasteiger partial charge in [-0.2, -0.15) is 0 Å². The standard InChI is InChI=1S/C28H42O4Se2/c1-9-29-19(5)23-15-13-16-24(20(6)30-10-2)27(23)33-34-28-25(21(7)31-11-3)17-14-18-26(28)22(8)32-12-4/h13-22H,9-12H2,1-8H3/t19-,20-,21-,22-/m0/s1. The summed E-state index contributed by atoms with van der Waals surface area (Å²) in [7, 11) is 0. The van der Waals surface area contributed by atoms with Crippen LogP contribution in [-0.4, -0.2) is 52.7 Å². The minimum absolute atomic E-state index is 0.0610. The van der Waals surface area contributed by atoms with E-state index in [4.69, 9.17) is 18.9 Å². The molecule has 0 amide bonds. The molecule has 0 aliphatic carbocycles. The molecule has 2 aromatic carbocycles. The summed E-state index contributed by atoms with van der Waals surface area (Å²) < 4.78 is 27.0. The van der Waals surface area contributed by atoms with Gasteiger partial charge in [-0.15, -0.1) is 0 Å². The van der Waals surface area contributed by atoms with Crippen molar-refractivity contribution in [1.29, 1.82) is 0 Å². The van der Waals surface area contributed by atoms with Crippen molar-refractivity contribution in [2.45, 2.75) is 79.8 Å². The molecular formula is C28H42O4Se2. The molecule has 4 atom stereocenters. The van der Waals surface area contributed by atoms with Crippen molar-refractivity contribution in [1.82, 2.24) is 0 Å². The van der Waals surface area contributed by atoms with Gasteiger partial charge in [-0.05, 0) is 0 Å². The summed E-state index contributed by atoms with van der Waals surface area (Å²) in [4.78, 5) is 0. The van der Waals surface area contributed by atoms with E-state index < -0.39 is 0 Å². The van der Waals surface area contributed by atoms with Gasteiger partial charge in [0, 0.05) is 0 Å². The average molecular weight is 601 g/mol.